The molecule has 1 saturated heterocycles. The molecule has 2 N–H and O–H groups in total. The van der Waals surface area contributed by atoms with Gasteiger partial charge in [0.15, 0.2) is 9.84 Å². The lowest BCUT2D eigenvalue weighted by molar-refractivity contribution is -0.0199. The van der Waals surface area contributed by atoms with Crippen LogP contribution < -0.4 is 10.6 Å². The number of rotatable bonds is 5. The topological polar surface area (TPSA) is 80.3 Å². The average Bonchev–Trinajstić information content (AvgIpc) is 2.41. The van der Waals surface area contributed by atoms with E-state index in [-0.39, 0.29) is 18.1 Å². The van der Waals surface area contributed by atoms with Crippen LogP contribution in [0.2, 0.25) is 0 Å². The van der Waals surface area contributed by atoms with Crippen molar-refractivity contribution in [1.82, 2.24) is 15.6 Å². The van der Waals surface area contributed by atoms with Gasteiger partial charge >= 0.3 is 0 Å². The highest BCUT2D eigenvalue weighted by Gasteiger charge is 2.31. The minimum absolute atomic E-state index is 0.0532. The summed E-state index contributed by atoms with van der Waals surface area (Å²) >= 11 is 0. The van der Waals surface area contributed by atoms with Crippen LogP contribution in [-0.4, -0.2) is 44.2 Å². The molecular formula is C14H23N3O3S. The summed E-state index contributed by atoms with van der Waals surface area (Å²) in [5.41, 5.74) is 1.59. The van der Waals surface area contributed by atoms with Gasteiger partial charge < -0.3 is 4.74 Å². The molecule has 2 atom stereocenters. The maximum absolute atomic E-state index is 12.4. The molecule has 0 amide bonds. The second-order valence-electron chi connectivity index (χ2n) is 5.61. The quantitative estimate of drug-likeness (QED) is 0.827. The smallest absolute Gasteiger partial charge is 0.173 e. The van der Waals surface area contributed by atoms with Crippen LogP contribution in [-0.2, 0) is 20.3 Å². The molecule has 21 heavy (non-hydrogen) atoms. The number of aromatic nitrogens is 1. The predicted octanol–water partition coefficient (Wildman–Crippen LogP) is 0.575. The minimum Gasteiger partial charge on any atom is -0.359 e. The van der Waals surface area contributed by atoms with Crippen LogP contribution in [0.5, 0.6) is 0 Å². The van der Waals surface area contributed by atoms with Crippen LogP contribution in [0.4, 0.5) is 0 Å². The van der Waals surface area contributed by atoms with Crippen molar-refractivity contribution in [3.63, 3.8) is 0 Å². The Morgan fingerprint density at radius 2 is 2.10 bits per heavy atom. The van der Waals surface area contributed by atoms with Crippen molar-refractivity contribution in [2.45, 2.75) is 44.2 Å². The third-order valence-corrected chi connectivity index (χ3v) is 5.15. The SMILES string of the molecule is Cc1ccc(CS(=O)(=O)C2CNC(OC(C)C)CN2)nc1. The Morgan fingerprint density at radius 1 is 1.33 bits per heavy atom. The molecule has 1 aliphatic heterocycles. The van der Waals surface area contributed by atoms with Gasteiger partial charge in [-0.2, -0.15) is 0 Å². The summed E-state index contributed by atoms with van der Waals surface area (Å²) < 4.78 is 30.4. The van der Waals surface area contributed by atoms with Crippen molar-refractivity contribution in [2.24, 2.45) is 0 Å². The Hall–Kier alpha value is -1.02. The maximum Gasteiger partial charge on any atom is 0.173 e. The van der Waals surface area contributed by atoms with Crippen LogP contribution in [0, 0.1) is 6.92 Å². The average molecular weight is 313 g/mol. The first kappa shape index (κ1) is 16.4. The van der Waals surface area contributed by atoms with Gasteiger partial charge in [-0.15, -0.1) is 0 Å². The van der Waals surface area contributed by atoms with Crippen LogP contribution in [0.15, 0.2) is 18.3 Å². The fraction of sp³-hybridized carbons (Fsp3) is 0.643. The zero-order chi connectivity index (χ0) is 15.5. The largest absolute Gasteiger partial charge is 0.359 e. The Bertz CT molecular complexity index is 549. The predicted molar refractivity (Wildman–Crippen MR) is 81.4 cm³/mol. The number of hydrogen-bond donors (Lipinski definition) is 2. The van der Waals surface area contributed by atoms with E-state index in [1.54, 1.807) is 12.3 Å². The number of aryl methyl sites for hydroxylation is 1. The lowest BCUT2D eigenvalue weighted by Crippen LogP contribution is -2.58. The van der Waals surface area contributed by atoms with Crippen molar-refractivity contribution in [3.05, 3.63) is 29.6 Å². The molecule has 2 unspecified atom stereocenters. The maximum atomic E-state index is 12.4. The summed E-state index contributed by atoms with van der Waals surface area (Å²) in [7, 11) is -3.29. The summed E-state index contributed by atoms with van der Waals surface area (Å²) in [5, 5.41) is 5.56. The standard InChI is InChI=1S/C14H23N3O3S/c1-10(2)20-13-7-17-14(8-16-13)21(18,19)9-12-5-4-11(3)6-15-12/h4-6,10,13-14,16-17H,7-9H2,1-3H3. The highest BCUT2D eigenvalue weighted by atomic mass is 32.2. The molecule has 1 aromatic rings. The van der Waals surface area contributed by atoms with E-state index in [9.17, 15) is 8.42 Å². The molecule has 0 aromatic carbocycles. The summed E-state index contributed by atoms with van der Waals surface area (Å²) in [6.07, 6.45) is 1.65. The van der Waals surface area contributed by atoms with Crippen LogP contribution in [0.3, 0.4) is 0 Å². The third-order valence-electron chi connectivity index (χ3n) is 3.25. The number of sulfone groups is 1. The Kier molecular flexibility index (Phi) is 5.32. The molecule has 118 valence electrons. The van der Waals surface area contributed by atoms with E-state index in [4.69, 9.17) is 4.74 Å². The van der Waals surface area contributed by atoms with Crippen molar-refractivity contribution < 1.29 is 13.2 Å². The minimum atomic E-state index is -3.29. The number of ether oxygens (including phenoxy) is 1. The van der Waals surface area contributed by atoms with E-state index >= 15 is 0 Å². The zero-order valence-corrected chi connectivity index (χ0v) is 13.5. The molecule has 1 aromatic heterocycles. The van der Waals surface area contributed by atoms with E-state index in [0.717, 1.165) is 5.56 Å². The summed E-state index contributed by atoms with van der Waals surface area (Å²) in [5.74, 6) is -0.0532. The van der Waals surface area contributed by atoms with Crippen molar-refractivity contribution >= 4 is 9.84 Å². The molecule has 1 fully saturated rings. The summed E-state index contributed by atoms with van der Waals surface area (Å²) in [6.45, 7) is 6.64. The van der Waals surface area contributed by atoms with E-state index in [1.807, 2.05) is 26.8 Å². The number of hydrogen-bond acceptors (Lipinski definition) is 6. The fourth-order valence-corrected chi connectivity index (χ4v) is 3.68. The molecule has 6 nitrogen and oxygen atoms in total. The van der Waals surface area contributed by atoms with Crippen LogP contribution in [0.25, 0.3) is 0 Å². The zero-order valence-electron chi connectivity index (χ0n) is 12.7. The highest BCUT2D eigenvalue weighted by Crippen LogP contribution is 2.11. The van der Waals surface area contributed by atoms with Gasteiger partial charge in [-0.3, -0.25) is 15.6 Å². The van der Waals surface area contributed by atoms with Crippen molar-refractivity contribution in [1.29, 1.82) is 0 Å². The summed E-state index contributed by atoms with van der Waals surface area (Å²) in [6, 6.07) is 3.63. The molecule has 7 heteroatoms. The Labute approximate surface area is 126 Å². The van der Waals surface area contributed by atoms with Crippen molar-refractivity contribution in [2.75, 3.05) is 13.1 Å². The van der Waals surface area contributed by atoms with E-state index in [0.29, 0.717) is 18.8 Å². The third kappa shape index (κ3) is 4.74. The summed E-state index contributed by atoms with van der Waals surface area (Å²) in [4.78, 5) is 4.16. The first-order chi connectivity index (χ1) is 9.87. The molecule has 2 heterocycles. The van der Waals surface area contributed by atoms with Gasteiger partial charge in [0.25, 0.3) is 0 Å². The monoisotopic (exact) mass is 313 g/mol. The fourth-order valence-electron chi connectivity index (χ4n) is 2.19. The molecule has 0 spiro atoms. The number of piperazine rings is 1. The lowest BCUT2D eigenvalue weighted by atomic mass is 10.3. The van der Waals surface area contributed by atoms with Gasteiger partial charge in [-0.05, 0) is 32.4 Å². The Balaban J connectivity index is 1.93. The van der Waals surface area contributed by atoms with Gasteiger partial charge in [-0.25, -0.2) is 8.42 Å². The molecule has 0 radical (unpaired) electrons. The van der Waals surface area contributed by atoms with E-state index in [2.05, 4.69) is 15.6 Å². The van der Waals surface area contributed by atoms with Gasteiger partial charge in [0, 0.05) is 19.3 Å². The Morgan fingerprint density at radius 3 is 2.62 bits per heavy atom. The first-order valence-electron chi connectivity index (χ1n) is 7.12. The molecule has 1 aliphatic rings. The van der Waals surface area contributed by atoms with E-state index < -0.39 is 15.2 Å². The second kappa shape index (κ2) is 6.83. The molecule has 0 saturated carbocycles. The van der Waals surface area contributed by atoms with Crippen LogP contribution in [0.1, 0.15) is 25.1 Å². The normalized spacial score (nSPS) is 23.4. The molecular weight excluding hydrogens is 290 g/mol. The number of nitrogens with one attached hydrogen (secondary N) is 2. The van der Waals surface area contributed by atoms with E-state index in [1.165, 1.54) is 0 Å². The number of pyridine rings is 1. The van der Waals surface area contributed by atoms with Gasteiger partial charge in [0.05, 0.1) is 17.6 Å². The highest BCUT2D eigenvalue weighted by molar-refractivity contribution is 7.91. The van der Waals surface area contributed by atoms with Gasteiger partial charge in [0.2, 0.25) is 0 Å². The van der Waals surface area contributed by atoms with Crippen molar-refractivity contribution in [3.8, 4) is 0 Å². The first-order valence-corrected chi connectivity index (χ1v) is 8.83. The molecule has 0 aliphatic carbocycles. The second-order valence-corrected chi connectivity index (χ2v) is 7.80. The molecule has 0 bridgehead atoms. The number of nitrogens with zero attached hydrogens (tertiary/aromatic N) is 1. The molecule has 2 rings (SSSR count). The lowest BCUT2D eigenvalue weighted by Gasteiger charge is -2.31. The van der Waals surface area contributed by atoms with Gasteiger partial charge in [-0.1, -0.05) is 6.07 Å². The van der Waals surface area contributed by atoms with Crippen LogP contribution >= 0.6 is 0 Å². The van der Waals surface area contributed by atoms with Gasteiger partial charge in [0.1, 0.15) is 11.6 Å².